The summed E-state index contributed by atoms with van der Waals surface area (Å²) in [6.07, 6.45) is 0. The first kappa shape index (κ1) is 9.14. The van der Waals surface area contributed by atoms with Crippen molar-refractivity contribution in [2.45, 2.75) is 6.68 Å². The van der Waals surface area contributed by atoms with Crippen molar-refractivity contribution in [1.29, 1.82) is 0 Å². The van der Waals surface area contributed by atoms with Gasteiger partial charge in [0.25, 0.3) is 0 Å². The van der Waals surface area contributed by atoms with Crippen molar-refractivity contribution >= 4 is 23.9 Å². The predicted octanol–water partition coefficient (Wildman–Crippen LogP) is 0.798. The quantitative estimate of drug-likeness (QED) is 0.494. The summed E-state index contributed by atoms with van der Waals surface area (Å²) in [4.78, 5) is 0. The Kier molecular flexibility index (Phi) is 8.39. The van der Waals surface area contributed by atoms with Crippen molar-refractivity contribution in [1.82, 2.24) is 0 Å². The first-order valence-electron chi connectivity index (χ1n) is 0.655. The van der Waals surface area contributed by atoms with Crippen LogP contribution in [0.5, 0.6) is 0 Å². The van der Waals surface area contributed by atoms with Gasteiger partial charge in [-0.2, -0.15) is 13.2 Å². The summed E-state index contributed by atoms with van der Waals surface area (Å²) >= 11 is 0. The molecule has 0 aromatic heterocycles. The maximum Gasteiger partial charge on any atom is 0.379 e. The van der Waals surface area contributed by atoms with E-state index in [1.54, 1.807) is 0 Å². The van der Waals surface area contributed by atoms with Gasteiger partial charge < -0.3 is 0 Å². The zero-order valence-corrected chi connectivity index (χ0v) is 5.07. The topological polar surface area (TPSA) is 0 Å². The standard InChI is InChI=1S/CHF3.Sn/c2-1(3)4;/h1H;. The Morgan fingerprint density at radius 2 is 1.00 bits per heavy atom. The fourth-order valence-corrected chi connectivity index (χ4v) is 0. The third kappa shape index (κ3) is 88.7. The summed E-state index contributed by atoms with van der Waals surface area (Å²) in [7, 11) is 0. The van der Waals surface area contributed by atoms with Crippen LogP contribution in [0.2, 0.25) is 0 Å². The van der Waals surface area contributed by atoms with Crippen molar-refractivity contribution in [3.05, 3.63) is 0 Å². The molecule has 0 aromatic carbocycles. The van der Waals surface area contributed by atoms with Gasteiger partial charge in [-0.05, 0) is 0 Å². The summed E-state index contributed by atoms with van der Waals surface area (Å²) < 4.78 is 29.0. The minimum atomic E-state index is -3.67. The van der Waals surface area contributed by atoms with E-state index in [9.17, 15) is 13.2 Å². The first-order chi connectivity index (χ1) is 1.73. The Labute approximate surface area is 44.3 Å². The molecule has 0 nitrogen and oxygen atoms in total. The van der Waals surface area contributed by atoms with E-state index in [-0.39, 0.29) is 23.9 Å². The molecule has 0 atom stereocenters. The van der Waals surface area contributed by atoms with Crippen LogP contribution in [0.3, 0.4) is 0 Å². The van der Waals surface area contributed by atoms with E-state index in [0.717, 1.165) is 0 Å². The van der Waals surface area contributed by atoms with Crippen LogP contribution in [0, 0.1) is 0 Å². The summed E-state index contributed by atoms with van der Waals surface area (Å²) in [5.41, 5.74) is 0. The van der Waals surface area contributed by atoms with Gasteiger partial charge in [0, 0.05) is 23.9 Å². The van der Waals surface area contributed by atoms with Crippen molar-refractivity contribution in [2.24, 2.45) is 0 Å². The van der Waals surface area contributed by atoms with Gasteiger partial charge in [-0.1, -0.05) is 0 Å². The fraction of sp³-hybridized carbons (Fsp3) is 1.00. The Bertz CT molecular complexity index is 11.6. The molecule has 0 saturated heterocycles. The molecule has 0 aliphatic rings. The number of hydrogen-bond donors (Lipinski definition) is 0. The van der Waals surface area contributed by atoms with Gasteiger partial charge >= 0.3 is 6.68 Å². The van der Waals surface area contributed by atoms with Gasteiger partial charge in [0.05, 0.1) is 0 Å². The largest absolute Gasteiger partial charge is 0.379 e. The van der Waals surface area contributed by atoms with E-state index in [4.69, 9.17) is 0 Å². The van der Waals surface area contributed by atoms with Gasteiger partial charge in [-0.25, -0.2) is 0 Å². The molecule has 0 unspecified atom stereocenters. The summed E-state index contributed by atoms with van der Waals surface area (Å²) in [5, 5.41) is 0. The van der Waals surface area contributed by atoms with Gasteiger partial charge in [0.15, 0.2) is 0 Å². The van der Waals surface area contributed by atoms with E-state index in [1.807, 2.05) is 0 Å². The SMILES string of the molecule is FC(F)F.[Sn]. The Balaban J connectivity index is 0. The first-order valence-corrected chi connectivity index (χ1v) is 0.655. The zero-order chi connectivity index (χ0) is 3.58. The van der Waals surface area contributed by atoms with Crippen molar-refractivity contribution in [3.63, 3.8) is 0 Å². The Hall–Kier alpha value is 0.589. The summed E-state index contributed by atoms with van der Waals surface area (Å²) in [5.74, 6) is 0. The molecule has 0 spiro atoms. The van der Waals surface area contributed by atoms with Crippen molar-refractivity contribution in [3.8, 4) is 0 Å². The Morgan fingerprint density at radius 1 is 1.00 bits per heavy atom. The van der Waals surface area contributed by atoms with Crippen LogP contribution in [0.25, 0.3) is 0 Å². The van der Waals surface area contributed by atoms with Crippen LogP contribution in [0.15, 0.2) is 0 Å². The molecule has 0 rings (SSSR count). The molecule has 0 aromatic rings. The van der Waals surface area contributed by atoms with E-state index in [2.05, 4.69) is 0 Å². The normalized spacial score (nSPS) is 7.20. The molecule has 0 N–H and O–H groups in total. The smallest absolute Gasteiger partial charge is 0.174 e. The second-order valence-corrected chi connectivity index (χ2v) is 0.247. The van der Waals surface area contributed by atoms with Crippen LogP contribution in [-0.4, -0.2) is 30.6 Å². The van der Waals surface area contributed by atoms with Gasteiger partial charge in [0.2, 0.25) is 0 Å². The molecule has 0 aliphatic carbocycles. The molecule has 0 fully saturated rings. The summed E-state index contributed by atoms with van der Waals surface area (Å²) in [6.45, 7) is -3.67. The number of hydrogen-bond acceptors (Lipinski definition) is 0. The molecule has 4 radical (unpaired) electrons. The predicted molar refractivity (Wildman–Crippen MR) is 12.9 cm³/mol. The van der Waals surface area contributed by atoms with E-state index in [1.165, 1.54) is 0 Å². The third-order valence-electron chi connectivity index (χ3n) is 0. The average molecular weight is 189 g/mol. The maximum atomic E-state index is 9.67. The van der Waals surface area contributed by atoms with Crippen LogP contribution in [0.1, 0.15) is 0 Å². The molecule has 0 amide bonds. The minimum Gasteiger partial charge on any atom is -0.174 e. The molecule has 0 heterocycles. The molecular weight excluding hydrogens is 188 g/mol. The molecule has 0 saturated carbocycles. The molecule has 30 valence electrons. The number of halogens is 3. The maximum absolute atomic E-state index is 9.67. The van der Waals surface area contributed by atoms with Crippen LogP contribution in [-0.2, 0) is 0 Å². The van der Waals surface area contributed by atoms with Gasteiger partial charge in [-0.15, -0.1) is 0 Å². The minimum absolute atomic E-state index is 0. The van der Waals surface area contributed by atoms with Crippen molar-refractivity contribution < 1.29 is 13.2 Å². The number of rotatable bonds is 0. The third-order valence-corrected chi connectivity index (χ3v) is 0. The van der Waals surface area contributed by atoms with Crippen molar-refractivity contribution in [2.75, 3.05) is 0 Å². The van der Waals surface area contributed by atoms with E-state index >= 15 is 0 Å². The second-order valence-electron chi connectivity index (χ2n) is 0.247. The van der Waals surface area contributed by atoms with Crippen LogP contribution in [0.4, 0.5) is 13.2 Å². The molecular formula is CHF3Sn. The fourth-order valence-electron chi connectivity index (χ4n) is 0. The Morgan fingerprint density at radius 3 is 1.00 bits per heavy atom. The number of alkyl halides is 3. The van der Waals surface area contributed by atoms with Gasteiger partial charge in [0.1, 0.15) is 0 Å². The molecule has 5 heavy (non-hydrogen) atoms. The van der Waals surface area contributed by atoms with Crippen LogP contribution < -0.4 is 0 Å². The van der Waals surface area contributed by atoms with Gasteiger partial charge in [-0.3, -0.25) is 0 Å². The second kappa shape index (κ2) is 4.59. The molecule has 0 aliphatic heterocycles. The molecule has 0 bridgehead atoms. The van der Waals surface area contributed by atoms with E-state index in [0.29, 0.717) is 0 Å². The van der Waals surface area contributed by atoms with E-state index < -0.39 is 6.68 Å². The monoisotopic (exact) mass is 190 g/mol. The van der Waals surface area contributed by atoms with Crippen LogP contribution >= 0.6 is 0 Å². The summed E-state index contributed by atoms with van der Waals surface area (Å²) in [6, 6.07) is 0. The zero-order valence-electron chi connectivity index (χ0n) is 2.21. The average Bonchev–Trinajstić information content (AvgIpc) is 0.811. The molecule has 4 heteroatoms.